The number of allylic oxidation sites excluding steroid dienone is 1. The van der Waals surface area contributed by atoms with Gasteiger partial charge in [-0.3, -0.25) is 0 Å². The maximum atomic E-state index is 10.4. The summed E-state index contributed by atoms with van der Waals surface area (Å²) in [6.45, 7) is 4.36. The molecule has 0 bridgehead atoms. The highest BCUT2D eigenvalue weighted by Gasteiger charge is 2.03. The lowest BCUT2D eigenvalue weighted by Gasteiger charge is -2.07. The second-order valence-electron chi connectivity index (χ2n) is 7.45. The second kappa shape index (κ2) is 15.1. The molecule has 6 heteroatoms. The number of carboxylic acid groups (broad SMARTS) is 1. The third-order valence-corrected chi connectivity index (χ3v) is 4.74. The lowest BCUT2D eigenvalue weighted by atomic mass is 10.0. The summed E-state index contributed by atoms with van der Waals surface area (Å²) < 4.78 is 11.2. The Morgan fingerprint density at radius 1 is 0.968 bits per heavy atom. The van der Waals surface area contributed by atoms with E-state index in [9.17, 15) is 4.79 Å². The third kappa shape index (κ3) is 10.7. The van der Waals surface area contributed by atoms with E-state index in [0.29, 0.717) is 18.2 Å². The third-order valence-electron chi connectivity index (χ3n) is 4.74. The van der Waals surface area contributed by atoms with Crippen molar-refractivity contribution in [3.05, 3.63) is 54.4 Å². The van der Waals surface area contributed by atoms with E-state index in [1.807, 2.05) is 0 Å². The van der Waals surface area contributed by atoms with Crippen molar-refractivity contribution < 1.29 is 19.4 Å². The number of unbranched alkanes of at least 4 members (excludes halogenated alkanes) is 4. The van der Waals surface area contributed by atoms with E-state index in [4.69, 9.17) is 14.6 Å². The molecule has 2 aromatic rings. The Balaban J connectivity index is 1.67. The van der Waals surface area contributed by atoms with Gasteiger partial charge in [0.15, 0.2) is 11.6 Å². The van der Waals surface area contributed by atoms with Crippen LogP contribution in [0.3, 0.4) is 0 Å². The molecule has 0 amide bonds. The van der Waals surface area contributed by atoms with Crippen molar-refractivity contribution in [3.63, 3.8) is 0 Å². The lowest BCUT2D eigenvalue weighted by molar-refractivity contribution is -0.131. The molecule has 1 aromatic carbocycles. The maximum absolute atomic E-state index is 10.4. The van der Waals surface area contributed by atoms with Gasteiger partial charge in [-0.05, 0) is 50.5 Å². The lowest BCUT2D eigenvalue weighted by Crippen LogP contribution is -2.02. The minimum Gasteiger partial charge on any atom is -0.490 e. The molecule has 0 radical (unpaired) electrons. The van der Waals surface area contributed by atoms with E-state index in [-0.39, 0.29) is 0 Å². The van der Waals surface area contributed by atoms with Crippen LogP contribution >= 0.6 is 0 Å². The number of ether oxygens (including phenoxy) is 2. The zero-order valence-electron chi connectivity index (χ0n) is 18.5. The van der Waals surface area contributed by atoms with Crippen LogP contribution in [0.15, 0.2) is 48.8 Å². The fourth-order valence-electron chi connectivity index (χ4n) is 3.06. The maximum Gasteiger partial charge on any atom is 0.327 e. The van der Waals surface area contributed by atoms with Crippen LogP contribution in [0.5, 0.6) is 5.75 Å². The Morgan fingerprint density at radius 3 is 2.42 bits per heavy atom. The smallest absolute Gasteiger partial charge is 0.327 e. The number of nitrogens with zero attached hydrogens (tertiary/aromatic N) is 2. The Labute approximate surface area is 185 Å². The SMILES string of the molecule is CCCOCCCCOc1cnc(-c2ccc(CCCCC/C=C/C(=O)O)cc2)nc1. The first-order valence-corrected chi connectivity index (χ1v) is 11.2. The van der Waals surface area contributed by atoms with E-state index >= 15 is 0 Å². The molecule has 1 aromatic heterocycles. The number of carboxylic acids is 1. The zero-order chi connectivity index (χ0) is 22.2. The van der Waals surface area contributed by atoms with Gasteiger partial charge in [-0.25, -0.2) is 14.8 Å². The summed E-state index contributed by atoms with van der Waals surface area (Å²) >= 11 is 0. The fraction of sp³-hybridized carbons (Fsp3) is 0.480. The highest BCUT2D eigenvalue weighted by molar-refractivity contribution is 5.79. The van der Waals surface area contributed by atoms with Gasteiger partial charge in [0.2, 0.25) is 0 Å². The summed E-state index contributed by atoms with van der Waals surface area (Å²) in [4.78, 5) is 19.3. The van der Waals surface area contributed by atoms with Crippen molar-refractivity contribution >= 4 is 5.97 Å². The number of aromatic nitrogens is 2. The van der Waals surface area contributed by atoms with Crippen molar-refractivity contribution in [1.82, 2.24) is 9.97 Å². The average Bonchev–Trinajstić information content (AvgIpc) is 2.78. The molecule has 168 valence electrons. The Kier molecular flexibility index (Phi) is 12.0. The van der Waals surface area contributed by atoms with Gasteiger partial charge in [0.05, 0.1) is 19.0 Å². The van der Waals surface area contributed by atoms with Crippen molar-refractivity contribution in [2.24, 2.45) is 0 Å². The molecule has 0 atom stereocenters. The molecule has 0 spiro atoms. The Morgan fingerprint density at radius 2 is 1.71 bits per heavy atom. The number of carbonyl (C=O) groups is 1. The van der Waals surface area contributed by atoms with E-state index < -0.39 is 5.97 Å². The first-order chi connectivity index (χ1) is 15.2. The second-order valence-corrected chi connectivity index (χ2v) is 7.45. The average molecular weight is 427 g/mol. The van der Waals surface area contributed by atoms with Crippen LogP contribution in [0.2, 0.25) is 0 Å². The van der Waals surface area contributed by atoms with Gasteiger partial charge in [-0.1, -0.05) is 43.7 Å². The van der Waals surface area contributed by atoms with Crippen LogP contribution in [0.1, 0.15) is 57.4 Å². The minimum absolute atomic E-state index is 0.642. The van der Waals surface area contributed by atoms with E-state index in [0.717, 1.165) is 70.1 Å². The quantitative estimate of drug-likeness (QED) is 0.283. The van der Waals surface area contributed by atoms with E-state index in [1.54, 1.807) is 18.5 Å². The van der Waals surface area contributed by atoms with Gasteiger partial charge in [-0.15, -0.1) is 0 Å². The summed E-state index contributed by atoms with van der Waals surface area (Å²) in [5.74, 6) is 0.500. The number of hydrogen-bond donors (Lipinski definition) is 1. The molecule has 0 saturated heterocycles. The first kappa shape index (κ1) is 24.5. The molecule has 31 heavy (non-hydrogen) atoms. The van der Waals surface area contributed by atoms with Crippen LogP contribution in [0.25, 0.3) is 11.4 Å². The van der Waals surface area contributed by atoms with Crippen molar-refractivity contribution in [1.29, 1.82) is 0 Å². The van der Waals surface area contributed by atoms with Crippen LogP contribution in [-0.2, 0) is 16.0 Å². The van der Waals surface area contributed by atoms with Gasteiger partial charge < -0.3 is 14.6 Å². The number of aliphatic carboxylic acids is 1. The summed E-state index contributed by atoms with van der Waals surface area (Å²) in [7, 11) is 0. The van der Waals surface area contributed by atoms with Gasteiger partial charge in [0.1, 0.15) is 0 Å². The molecule has 0 saturated carbocycles. The molecule has 0 fully saturated rings. The van der Waals surface area contributed by atoms with Gasteiger partial charge in [0.25, 0.3) is 0 Å². The minimum atomic E-state index is -0.880. The molecular formula is C25H34N2O4. The van der Waals surface area contributed by atoms with Crippen molar-refractivity contribution in [3.8, 4) is 17.1 Å². The van der Waals surface area contributed by atoms with Crippen molar-refractivity contribution in [2.45, 2.75) is 58.3 Å². The molecule has 0 unspecified atom stereocenters. The van der Waals surface area contributed by atoms with Crippen LogP contribution in [-0.4, -0.2) is 40.9 Å². The summed E-state index contributed by atoms with van der Waals surface area (Å²) in [6.07, 6.45) is 14.4. The zero-order valence-corrected chi connectivity index (χ0v) is 18.5. The first-order valence-electron chi connectivity index (χ1n) is 11.2. The van der Waals surface area contributed by atoms with E-state index in [1.165, 1.54) is 11.6 Å². The topological polar surface area (TPSA) is 81.5 Å². The monoisotopic (exact) mass is 426 g/mol. The van der Waals surface area contributed by atoms with Gasteiger partial charge in [0, 0.05) is 24.9 Å². The molecular weight excluding hydrogens is 392 g/mol. The number of rotatable bonds is 16. The molecule has 0 aliphatic rings. The van der Waals surface area contributed by atoms with Crippen LogP contribution in [0.4, 0.5) is 0 Å². The summed E-state index contributed by atoms with van der Waals surface area (Å²) in [5.41, 5.74) is 2.27. The molecule has 6 nitrogen and oxygen atoms in total. The number of aryl methyl sites for hydroxylation is 1. The Hall–Kier alpha value is -2.73. The molecule has 1 heterocycles. The molecule has 0 aliphatic carbocycles. The summed E-state index contributed by atoms with van der Waals surface area (Å²) in [5, 5.41) is 8.55. The number of benzene rings is 1. The molecule has 1 N–H and O–H groups in total. The molecule has 0 aliphatic heterocycles. The number of hydrogen-bond acceptors (Lipinski definition) is 5. The highest BCUT2D eigenvalue weighted by atomic mass is 16.5. The summed E-state index contributed by atoms with van der Waals surface area (Å²) in [6, 6.07) is 8.34. The predicted octanol–water partition coefficient (Wildman–Crippen LogP) is 5.47. The van der Waals surface area contributed by atoms with Gasteiger partial charge >= 0.3 is 5.97 Å². The fourth-order valence-corrected chi connectivity index (χ4v) is 3.06. The van der Waals surface area contributed by atoms with Crippen LogP contribution in [0, 0.1) is 0 Å². The van der Waals surface area contributed by atoms with Crippen molar-refractivity contribution in [2.75, 3.05) is 19.8 Å². The predicted molar refractivity (Wildman–Crippen MR) is 122 cm³/mol. The largest absolute Gasteiger partial charge is 0.490 e. The standard InChI is InChI=1S/C25H34N2O4/c1-2-16-30-17-8-9-18-31-23-19-26-25(27-20-23)22-14-12-21(13-15-22)10-6-4-3-5-7-11-24(28)29/h7,11-15,19-20H,2-6,8-10,16-18H2,1H3,(H,28,29)/b11-7+. The Bertz CT molecular complexity index is 773. The van der Waals surface area contributed by atoms with Crippen LogP contribution < -0.4 is 4.74 Å². The highest BCUT2D eigenvalue weighted by Crippen LogP contribution is 2.18. The normalized spacial score (nSPS) is 11.1. The van der Waals surface area contributed by atoms with E-state index in [2.05, 4.69) is 41.2 Å². The van der Waals surface area contributed by atoms with Gasteiger partial charge in [-0.2, -0.15) is 0 Å². The molecule has 2 rings (SSSR count).